The molecule has 1 aliphatic heterocycles. The highest BCUT2D eigenvalue weighted by molar-refractivity contribution is 5.96. The third-order valence-electron chi connectivity index (χ3n) is 4.06. The van der Waals surface area contributed by atoms with Crippen molar-refractivity contribution in [3.05, 3.63) is 35.6 Å². The molecule has 2 heterocycles. The molecule has 1 atom stereocenters. The minimum absolute atomic E-state index is 0.0448. The van der Waals surface area contributed by atoms with Gasteiger partial charge in [-0.3, -0.25) is 4.79 Å². The Hall–Kier alpha value is -2.38. The number of benzene rings is 1. The number of para-hydroxylation sites is 1. The van der Waals surface area contributed by atoms with E-state index < -0.39 is 5.97 Å². The minimum Gasteiger partial charge on any atom is -0.450 e. The first kappa shape index (κ1) is 17.4. The van der Waals surface area contributed by atoms with Crippen LogP contribution in [-0.2, 0) is 25.6 Å². The fourth-order valence-electron chi connectivity index (χ4n) is 2.83. The first-order valence-corrected chi connectivity index (χ1v) is 8.24. The van der Waals surface area contributed by atoms with E-state index in [1.807, 2.05) is 18.2 Å². The van der Waals surface area contributed by atoms with Gasteiger partial charge in [-0.2, -0.15) is 0 Å². The van der Waals surface area contributed by atoms with Gasteiger partial charge in [0.25, 0.3) is 5.91 Å². The number of esters is 1. The molecule has 2 aromatic rings. The molecule has 0 spiro atoms. The van der Waals surface area contributed by atoms with Crippen LogP contribution in [0, 0.1) is 0 Å². The Morgan fingerprint density at radius 2 is 2.16 bits per heavy atom. The molecule has 1 fully saturated rings. The van der Waals surface area contributed by atoms with Crippen LogP contribution in [0.1, 0.15) is 29.0 Å². The van der Waals surface area contributed by atoms with Crippen molar-refractivity contribution in [2.75, 3.05) is 26.9 Å². The minimum atomic E-state index is -0.685. The summed E-state index contributed by atoms with van der Waals surface area (Å²) in [4.78, 5) is 24.1. The standard InChI is InChI=1S/C18H21NO6/c1-22-10-14-13-6-2-3-7-15(13)25-17(14)18(21)24-11-16(20)19-9-12-5-4-8-23-12/h2-3,6-7,12H,4-5,8-11H2,1H3,(H,19,20)/t12-/m1/s1. The summed E-state index contributed by atoms with van der Waals surface area (Å²) < 4.78 is 21.2. The molecule has 0 unspecified atom stereocenters. The lowest BCUT2D eigenvalue weighted by Gasteiger charge is -2.10. The fourth-order valence-corrected chi connectivity index (χ4v) is 2.83. The number of carbonyl (C=O) groups is 2. The Labute approximate surface area is 145 Å². The van der Waals surface area contributed by atoms with E-state index in [4.69, 9.17) is 18.6 Å². The summed E-state index contributed by atoms with van der Waals surface area (Å²) in [5.74, 6) is -0.987. The van der Waals surface area contributed by atoms with E-state index in [1.54, 1.807) is 6.07 Å². The van der Waals surface area contributed by atoms with Gasteiger partial charge >= 0.3 is 5.97 Å². The van der Waals surface area contributed by atoms with Crippen LogP contribution in [0.25, 0.3) is 11.0 Å². The van der Waals surface area contributed by atoms with Crippen LogP contribution in [0.5, 0.6) is 0 Å². The number of hydrogen-bond donors (Lipinski definition) is 1. The lowest BCUT2D eigenvalue weighted by atomic mass is 10.1. The second-order valence-corrected chi connectivity index (χ2v) is 5.85. The molecule has 25 heavy (non-hydrogen) atoms. The number of fused-ring (bicyclic) bond motifs is 1. The molecule has 7 heteroatoms. The molecule has 1 amide bonds. The lowest BCUT2D eigenvalue weighted by molar-refractivity contribution is -0.124. The van der Waals surface area contributed by atoms with E-state index in [0.717, 1.165) is 24.8 Å². The molecule has 1 aliphatic rings. The summed E-state index contributed by atoms with van der Waals surface area (Å²) in [6, 6.07) is 7.28. The van der Waals surface area contributed by atoms with E-state index in [9.17, 15) is 9.59 Å². The van der Waals surface area contributed by atoms with Gasteiger partial charge in [-0.25, -0.2) is 4.79 Å². The number of furan rings is 1. The number of methoxy groups -OCH3 is 1. The van der Waals surface area contributed by atoms with E-state index in [-0.39, 0.29) is 31.0 Å². The number of amides is 1. The zero-order valence-electron chi connectivity index (χ0n) is 14.1. The number of nitrogens with one attached hydrogen (secondary N) is 1. The van der Waals surface area contributed by atoms with E-state index in [1.165, 1.54) is 7.11 Å². The Kier molecular flexibility index (Phi) is 5.67. The van der Waals surface area contributed by atoms with Gasteiger partial charge in [-0.1, -0.05) is 18.2 Å². The average Bonchev–Trinajstić information content (AvgIpc) is 3.26. The number of carbonyl (C=O) groups excluding carboxylic acids is 2. The van der Waals surface area contributed by atoms with Crippen molar-refractivity contribution in [3.8, 4) is 0 Å². The number of ether oxygens (including phenoxy) is 3. The molecule has 134 valence electrons. The molecule has 1 N–H and O–H groups in total. The van der Waals surface area contributed by atoms with Gasteiger partial charge in [0.1, 0.15) is 5.58 Å². The van der Waals surface area contributed by atoms with Gasteiger partial charge < -0.3 is 23.9 Å². The average molecular weight is 347 g/mol. The van der Waals surface area contributed by atoms with Gasteiger partial charge in [0, 0.05) is 31.2 Å². The first-order valence-electron chi connectivity index (χ1n) is 8.24. The molecule has 3 rings (SSSR count). The van der Waals surface area contributed by atoms with Crippen LogP contribution in [0.2, 0.25) is 0 Å². The summed E-state index contributed by atoms with van der Waals surface area (Å²) >= 11 is 0. The summed E-state index contributed by atoms with van der Waals surface area (Å²) in [6.07, 6.45) is 1.98. The monoisotopic (exact) mass is 347 g/mol. The molecule has 0 bridgehead atoms. The van der Waals surface area contributed by atoms with Gasteiger partial charge in [0.05, 0.1) is 12.7 Å². The summed E-state index contributed by atoms with van der Waals surface area (Å²) in [5.41, 5.74) is 1.19. The van der Waals surface area contributed by atoms with E-state index >= 15 is 0 Å². The van der Waals surface area contributed by atoms with Gasteiger partial charge in [0.15, 0.2) is 6.61 Å². The SMILES string of the molecule is COCc1c(C(=O)OCC(=O)NC[C@H]2CCCO2)oc2ccccc12. The number of hydrogen-bond acceptors (Lipinski definition) is 6. The smallest absolute Gasteiger partial charge is 0.375 e. The predicted molar refractivity (Wildman–Crippen MR) is 89.2 cm³/mol. The maximum atomic E-state index is 12.3. The molecule has 0 saturated carbocycles. The highest BCUT2D eigenvalue weighted by atomic mass is 16.5. The van der Waals surface area contributed by atoms with Crippen LogP contribution in [0.15, 0.2) is 28.7 Å². The number of rotatable bonds is 7. The third kappa shape index (κ3) is 4.18. The Morgan fingerprint density at radius 3 is 2.92 bits per heavy atom. The van der Waals surface area contributed by atoms with Crippen LogP contribution >= 0.6 is 0 Å². The van der Waals surface area contributed by atoms with Crippen LogP contribution in [-0.4, -0.2) is 44.8 Å². The van der Waals surface area contributed by atoms with Crippen molar-refractivity contribution in [1.29, 1.82) is 0 Å². The zero-order chi connectivity index (χ0) is 17.6. The van der Waals surface area contributed by atoms with E-state index in [2.05, 4.69) is 5.32 Å². The predicted octanol–water partition coefficient (Wildman–Crippen LogP) is 2.03. The van der Waals surface area contributed by atoms with Crippen molar-refractivity contribution in [1.82, 2.24) is 5.32 Å². The Bertz CT molecular complexity index is 747. The first-order chi connectivity index (χ1) is 12.2. The van der Waals surface area contributed by atoms with Crippen LogP contribution in [0.3, 0.4) is 0 Å². The third-order valence-corrected chi connectivity index (χ3v) is 4.06. The van der Waals surface area contributed by atoms with Crippen LogP contribution in [0.4, 0.5) is 0 Å². The largest absolute Gasteiger partial charge is 0.450 e. The van der Waals surface area contributed by atoms with Gasteiger partial charge in [-0.15, -0.1) is 0 Å². The van der Waals surface area contributed by atoms with Gasteiger partial charge in [0.2, 0.25) is 5.76 Å². The van der Waals surface area contributed by atoms with Crippen molar-refractivity contribution in [2.45, 2.75) is 25.6 Å². The quantitative estimate of drug-likeness (QED) is 0.771. The summed E-state index contributed by atoms with van der Waals surface area (Å²) in [5, 5.41) is 3.49. The fraction of sp³-hybridized carbons (Fsp3) is 0.444. The highest BCUT2D eigenvalue weighted by Crippen LogP contribution is 2.27. The molecule has 1 aromatic heterocycles. The lowest BCUT2D eigenvalue weighted by Crippen LogP contribution is -2.34. The molecule has 0 aliphatic carbocycles. The van der Waals surface area contributed by atoms with Crippen molar-refractivity contribution in [3.63, 3.8) is 0 Å². The molecular weight excluding hydrogens is 326 g/mol. The topological polar surface area (TPSA) is 87.0 Å². The maximum Gasteiger partial charge on any atom is 0.375 e. The normalized spacial score (nSPS) is 16.9. The molecular formula is C18H21NO6. The molecule has 1 saturated heterocycles. The van der Waals surface area contributed by atoms with Crippen LogP contribution < -0.4 is 5.32 Å². The molecule has 1 aromatic carbocycles. The van der Waals surface area contributed by atoms with Crippen molar-refractivity contribution >= 4 is 22.8 Å². The Balaban J connectivity index is 1.59. The summed E-state index contributed by atoms with van der Waals surface area (Å²) in [7, 11) is 1.54. The Morgan fingerprint density at radius 1 is 1.32 bits per heavy atom. The summed E-state index contributed by atoms with van der Waals surface area (Å²) in [6.45, 7) is 1.00. The van der Waals surface area contributed by atoms with Crippen molar-refractivity contribution < 1.29 is 28.2 Å². The molecule has 0 radical (unpaired) electrons. The highest BCUT2D eigenvalue weighted by Gasteiger charge is 2.23. The zero-order valence-corrected chi connectivity index (χ0v) is 14.1. The van der Waals surface area contributed by atoms with Gasteiger partial charge in [-0.05, 0) is 18.9 Å². The van der Waals surface area contributed by atoms with E-state index in [0.29, 0.717) is 17.7 Å². The molecule has 7 nitrogen and oxygen atoms in total. The van der Waals surface area contributed by atoms with Crippen molar-refractivity contribution in [2.24, 2.45) is 0 Å². The maximum absolute atomic E-state index is 12.3. The second-order valence-electron chi connectivity index (χ2n) is 5.85. The second kappa shape index (κ2) is 8.13.